The molecule has 25 heavy (non-hydrogen) atoms. The van der Waals surface area contributed by atoms with Crippen molar-refractivity contribution in [1.82, 2.24) is 0 Å². The van der Waals surface area contributed by atoms with Crippen molar-refractivity contribution in [2.24, 2.45) is 0 Å². The molecule has 0 fully saturated rings. The van der Waals surface area contributed by atoms with Gasteiger partial charge in [0.15, 0.2) is 12.4 Å². The Balaban J connectivity index is 1.74. The number of rotatable bonds is 8. The molecule has 0 aromatic heterocycles. The molecule has 0 saturated carbocycles. The average Bonchev–Trinajstić information content (AvgIpc) is 2.66. The van der Waals surface area contributed by atoms with Gasteiger partial charge in [0, 0.05) is 5.56 Å². The average molecular weight is 342 g/mol. The number of esters is 2. The van der Waals surface area contributed by atoms with E-state index in [9.17, 15) is 14.4 Å². The molecule has 6 nitrogen and oxygen atoms in total. The Kier molecular flexibility index (Phi) is 6.86. The van der Waals surface area contributed by atoms with Gasteiger partial charge in [-0.25, -0.2) is 9.59 Å². The fraction of sp³-hybridized carbons (Fsp3) is 0.211. The summed E-state index contributed by atoms with van der Waals surface area (Å²) >= 11 is 0. The third kappa shape index (κ3) is 5.86. The highest BCUT2D eigenvalue weighted by atomic mass is 16.6. The van der Waals surface area contributed by atoms with Crippen molar-refractivity contribution in [1.29, 1.82) is 0 Å². The SMILES string of the molecule is COC(=O)c1cccc(COCC(=O)OCC(=O)c2ccccc2)c1. The van der Waals surface area contributed by atoms with Crippen molar-refractivity contribution in [3.63, 3.8) is 0 Å². The van der Waals surface area contributed by atoms with Crippen LogP contribution in [0, 0.1) is 0 Å². The second-order valence-corrected chi connectivity index (χ2v) is 5.13. The molecule has 0 unspecified atom stereocenters. The third-order valence-electron chi connectivity index (χ3n) is 3.30. The Morgan fingerprint density at radius 3 is 2.32 bits per heavy atom. The second kappa shape index (κ2) is 9.34. The number of hydrogen-bond donors (Lipinski definition) is 0. The van der Waals surface area contributed by atoms with Crippen molar-refractivity contribution >= 4 is 17.7 Å². The van der Waals surface area contributed by atoms with Crippen LogP contribution in [0.4, 0.5) is 0 Å². The van der Waals surface area contributed by atoms with Crippen molar-refractivity contribution < 1.29 is 28.6 Å². The van der Waals surface area contributed by atoms with Crippen LogP contribution in [0.2, 0.25) is 0 Å². The summed E-state index contributed by atoms with van der Waals surface area (Å²) in [6, 6.07) is 15.3. The smallest absolute Gasteiger partial charge is 0.337 e. The van der Waals surface area contributed by atoms with Gasteiger partial charge in [0.25, 0.3) is 0 Å². The Morgan fingerprint density at radius 1 is 0.880 bits per heavy atom. The van der Waals surface area contributed by atoms with Crippen LogP contribution in [-0.2, 0) is 25.6 Å². The predicted molar refractivity (Wildman–Crippen MR) is 89.2 cm³/mol. The molecule has 0 amide bonds. The minimum absolute atomic E-state index is 0.132. The van der Waals surface area contributed by atoms with Crippen molar-refractivity contribution in [2.45, 2.75) is 6.61 Å². The number of ketones is 1. The molecule has 0 aliphatic heterocycles. The maximum absolute atomic E-state index is 11.8. The first-order valence-corrected chi connectivity index (χ1v) is 7.59. The summed E-state index contributed by atoms with van der Waals surface area (Å²) in [6.07, 6.45) is 0. The highest BCUT2D eigenvalue weighted by molar-refractivity contribution is 5.97. The maximum Gasteiger partial charge on any atom is 0.337 e. The van der Waals surface area contributed by atoms with Crippen LogP contribution in [0.25, 0.3) is 0 Å². The van der Waals surface area contributed by atoms with Crippen LogP contribution in [0.3, 0.4) is 0 Å². The van der Waals surface area contributed by atoms with E-state index in [1.807, 2.05) is 0 Å². The Bertz CT molecular complexity index is 739. The van der Waals surface area contributed by atoms with Gasteiger partial charge < -0.3 is 14.2 Å². The minimum Gasteiger partial charge on any atom is -0.465 e. The minimum atomic E-state index is -0.631. The molecule has 0 aliphatic carbocycles. The summed E-state index contributed by atoms with van der Waals surface area (Å²) in [5.74, 6) is -1.35. The first-order chi connectivity index (χ1) is 12.1. The Hall–Kier alpha value is -2.99. The van der Waals surface area contributed by atoms with Crippen LogP contribution >= 0.6 is 0 Å². The molecule has 0 spiro atoms. The van der Waals surface area contributed by atoms with E-state index in [0.29, 0.717) is 11.1 Å². The zero-order valence-electron chi connectivity index (χ0n) is 13.8. The molecule has 2 aromatic rings. The molecule has 2 rings (SSSR count). The maximum atomic E-state index is 11.8. The largest absolute Gasteiger partial charge is 0.465 e. The topological polar surface area (TPSA) is 78.9 Å². The van der Waals surface area contributed by atoms with Crippen LogP contribution in [0.1, 0.15) is 26.3 Å². The van der Waals surface area contributed by atoms with E-state index < -0.39 is 11.9 Å². The van der Waals surface area contributed by atoms with E-state index in [2.05, 4.69) is 4.74 Å². The summed E-state index contributed by atoms with van der Waals surface area (Å²) in [7, 11) is 1.30. The van der Waals surface area contributed by atoms with Gasteiger partial charge in [-0.1, -0.05) is 42.5 Å². The van der Waals surface area contributed by atoms with Gasteiger partial charge in [-0.3, -0.25) is 4.79 Å². The fourth-order valence-corrected chi connectivity index (χ4v) is 2.05. The normalized spacial score (nSPS) is 10.1. The van der Waals surface area contributed by atoms with E-state index in [4.69, 9.17) is 9.47 Å². The van der Waals surface area contributed by atoms with E-state index in [-0.39, 0.29) is 25.6 Å². The second-order valence-electron chi connectivity index (χ2n) is 5.13. The summed E-state index contributed by atoms with van der Waals surface area (Å²) in [6.45, 7) is -0.485. The van der Waals surface area contributed by atoms with Gasteiger partial charge in [0.2, 0.25) is 0 Å². The number of hydrogen-bond acceptors (Lipinski definition) is 6. The quantitative estimate of drug-likeness (QED) is 0.541. The molecule has 0 radical (unpaired) electrons. The van der Waals surface area contributed by atoms with E-state index in [0.717, 1.165) is 5.56 Å². The molecule has 2 aromatic carbocycles. The molecule has 0 saturated heterocycles. The molecule has 6 heteroatoms. The lowest BCUT2D eigenvalue weighted by Gasteiger charge is -2.07. The summed E-state index contributed by atoms with van der Waals surface area (Å²) in [5, 5.41) is 0. The monoisotopic (exact) mass is 342 g/mol. The third-order valence-corrected chi connectivity index (χ3v) is 3.30. The fourth-order valence-electron chi connectivity index (χ4n) is 2.05. The Morgan fingerprint density at radius 2 is 1.60 bits per heavy atom. The van der Waals surface area contributed by atoms with Crippen molar-refractivity contribution in [3.8, 4) is 0 Å². The number of carbonyl (C=O) groups is 3. The highest BCUT2D eigenvalue weighted by Crippen LogP contribution is 2.08. The summed E-state index contributed by atoms with van der Waals surface area (Å²) in [4.78, 5) is 34.9. The van der Waals surface area contributed by atoms with Crippen LogP contribution < -0.4 is 0 Å². The first-order valence-electron chi connectivity index (χ1n) is 7.59. The summed E-state index contributed by atoms with van der Waals surface area (Å²) in [5.41, 5.74) is 1.60. The molecule has 0 N–H and O–H groups in total. The standard InChI is InChI=1S/C19H18O6/c1-23-19(22)16-9-5-6-14(10-16)11-24-13-18(21)25-12-17(20)15-7-3-2-4-8-15/h2-10H,11-13H2,1H3. The van der Waals surface area contributed by atoms with Crippen LogP contribution in [-0.4, -0.2) is 38.0 Å². The van der Waals surface area contributed by atoms with Crippen LogP contribution in [0.15, 0.2) is 54.6 Å². The lowest BCUT2D eigenvalue weighted by atomic mass is 10.1. The van der Waals surface area contributed by atoms with Gasteiger partial charge in [0.05, 0.1) is 19.3 Å². The van der Waals surface area contributed by atoms with Gasteiger partial charge in [-0.05, 0) is 17.7 Å². The zero-order valence-corrected chi connectivity index (χ0v) is 13.8. The zero-order chi connectivity index (χ0) is 18.1. The van der Waals surface area contributed by atoms with E-state index in [1.54, 1.807) is 54.6 Å². The molecular weight excluding hydrogens is 324 g/mol. The van der Waals surface area contributed by atoms with Crippen molar-refractivity contribution in [2.75, 3.05) is 20.3 Å². The van der Waals surface area contributed by atoms with Crippen molar-refractivity contribution in [3.05, 3.63) is 71.3 Å². The highest BCUT2D eigenvalue weighted by Gasteiger charge is 2.10. The van der Waals surface area contributed by atoms with Gasteiger partial charge in [0.1, 0.15) is 6.61 Å². The van der Waals surface area contributed by atoms with Gasteiger partial charge >= 0.3 is 11.9 Å². The summed E-state index contributed by atoms with van der Waals surface area (Å²) < 4.78 is 14.8. The van der Waals surface area contributed by atoms with E-state index >= 15 is 0 Å². The molecule has 0 heterocycles. The first kappa shape index (κ1) is 18.4. The number of Topliss-reactive ketones (excluding diaryl/α,β-unsaturated/α-hetero) is 1. The van der Waals surface area contributed by atoms with E-state index in [1.165, 1.54) is 7.11 Å². The predicted octanol–water partition coefficient (Wildman–Crippen LogP) is 2.42. The number of carbonyl (C=O) groups excluding carboxylic acids is 3. The number of benzene rings is 2. The molecule has 0 bridgehead atoms. The molecular formula is C19H18O6. The molecule has 130 valence electrons. The van der Waals surface area contributed by atoms with Crippen LogP contribution in [0.5, 0.6) is 0 Å². The lowest BCUT2D eigenvalue weighted by molar-refractivity contribution is -0.148. The molecule has 0 aliphatic rings. The lowest BCUT2D eigenvalue weighted by Crippen LogP contribution is -2.18. The van der Waals surface area contributed by atoms with Gasteiger partial charge in [-0.15, -0.1) is 0 Å². The number of methoxy groups -OCH3 is 1. The van der Waals surface area contributed by atoms with Gasteiger partial charge in [-0.2, -0.15) is 0 Å². The Labute approximate surface area is 145 Å². The number of ether oxygens (including phenoxy) is 3. The molecule has 0 atom stereocenters.